The van der Waals surface area contributed by atoms with Gasteiger partial charge in [-0.25, -0.2) is 4.21 Å². The van der Waals surface area contributed by atoms with Gasteiger partial charge < -0.3 is 10.0 Å². The lowest BCUT2D eigenvalue weighted by atomic mass is 10.3. The van der Waals surface area contributed by atoms with E-state index in [1.807, 2.05) is 31.3 Å². The molecule has 0 radical (unpaired) electrons. The van der Waals surface area contributed by atoms with E-state index in [9.17, 15) is 4.21 Å². The largest absolute Gasteiger partial charge is 0.388 e. The Labute approximate surface area is 74.8 Å². The molecule has 66 valence electrons. The maximum atomic E-state index is 10.8. The number of rotatable bonds is 3. The summed E-state index contributed by atoms with van der Waals surface area (Å²) >= 11 is 0. The molecule has 0 saturated heterocycles. The summed E-state index contributed by atoms with van der Waals surface area (Å²) in [6, 6.07) is 7.62. The highest BCUT2D eigenvalue weighted by Gasteiger charge is 1.92. The van der Waals surface area contributed by atoms with Crippen molar-refractivity contribution >= 4 is 22.4 Å². The highest BCUT2D eigenvalue weighted by molar-refractivity contribution is 7.85. The van der Waals surface area contributed by atoms with E-state index in [2.05, 4.69) is 10.0 Å². The van der Waals surface area contributed by atoms with Crippen molar-refractivity contribution in [1.82, 2.24) is 0 Å². The van der Waals surface area contributed by atoms with Crippen LogP contribution in [0.15, 0.2) is 24.3 Å². The molecule has 0 aromatic heterocycles. The number of anilines is 2. The molecule has 12 heavy (non-hydrogen) atoms. The van der Waals surface area contributed by atoms with Gasteiger partial charge in [-0.05, 0) is 24.3 Å². The summed E-state index contributed by atoms with van der Waals surface area (Å²) < 4.78 is 13.6. The van der Waals surface area contributed by atoms with Gasteiger partial charge in [0.15, 0.2) is 0 Å². The summed E-state index contributed by atoms with van der Waals surface area (Å²) in [5.41, 5.74) is 1.91. The molecule has 0 bridgehead atoms. The van der Waals surface area contributed by atoms with E-state index < -0.39 is 11.0 Å². The van der Waals surface area contributed by atoms with E-state index in [1.165, 1.54) is 0 Å². The van der Waals surface area contributed by atoms with Gasteiger partial charge in [-0.2, -0.15) is 0 Å². The van der Waals surface area contributed by atoms with Gasteiger partial charge in [-0.15, -0.1) is 0 Å². The van der Waals surface area contributed by atoms with Crippen LogP contribution in [0.25, 0.3) is 0 Å². The fourth-order valence-corrected chi connectivity index (χ4v) is 1.34. The van der Waals surface area contributed by atoms with E-state index in [1.54, 1.807) is 6.26 Å². The normalized spacial score (nSPS) is 12.2. The molecule has 1 rings (SSSR count). The van der Waals surface area contributed by atoms with E-state index >= 15 is 0 Å². The first-order valence-corrected chi connectivity index (χ1v) is 5.16. The van der Waals surface area contributed by atoms with Crippen LogP contribution in [0, 0.1) is 0 Å². The predicted molar refractivity (Wildman–Crippen MR) is 53.7 cm³/mol. The first-order valence-electron chi connectivity index (χ1n) is 3.60. The third kappa shape index (κ3) is 2.54. The minimum absolute atomic E-state index is 0.870. The molecular weight excluding hydrogens is 172 g/mol. The van der Waals surface area contributed by atoms with Gasteiger partial charge in [0.05, 0.1) is 0 Å². The minimum Gasteiger partial charge on any atom is -0.388 e. The van der Waals surface area contributed by atoms with Gasteiger partial charge in [-0.3, -0.25) is 0 Å². The Balaban J connectivity index is 2.71. The van der Waals surface area contributed by atoms with Crippen LogP contribution in [0.5, 0.6) is 0 Å². The lowest BCUT2D eigenvalue weighted by molar-refractivity contribution is 0.690. The van der Waals surface area contributed by atoms with E-state index in [-0.39, 0.29) is 0 Å². The van der Waals surface area contributed by atoms with Crippen molar-refractivity contribution in [3.05, 3.63) is 24.3 Å². The van der Waals surface area contributed by atoms with Gasteiger partial charge in [-0.1, -0.05) is 0 Å². The second kappa shape index (κ2) is 4.11. The molecule has 0 aliphatic carbocycles. The van der Waals surface area contributed by atoms with Crippen LogP contribution >= 0.6 is 0 Å². The Morgan fingerprint density at radius 1 is 1.17 bits per heavy atom. The number of hydrogen-bond donors (Lipinski definition) is 2. The molecule has 4 heteroatoms. The zero-order valence-electron chi connectivity index (χ0n) is 7.13. The third-order valence-electron chi connectivity index (χ3n) is 1.44. The average molecular weight is 184 g/mol. The number of benzene rings is 1. The highest BCUT2D eigenvalue weighted by Crippen LogP contribution is 2.12. The average Bonchev–Trinajstić information content (AvgIpc) is 2.05. The highest BCUT2D eigenvalue weighted by atomic mass is 32.2. The Morgan fingerprint density at radius 3 is 2.08 bits per heavy atom. The summed E-state index contributed by atoms with van der Waals surface area (Å²) in [6.07, 6.45) is 1.60. The lowest BCUT2D eigenvalue weighted by Gasteiger charge is -2.03. The molecule has 1 aromatic carbocycles. The smallest absolute Gasteiger partial charge is 0.113 e. The Bertz CT molecular complexity index is 271. The summed E-state index contributed by atoms with van der Waals surface area (Å²) in [4.78, 5) is 0. The van der Waals surface area contributed by atoms with Crippen molar-refractivity contribution in [1.29, 1.82) is 0 Å². The Morgan fingerprint density at radius 2 is 1.67 bits per heavy atom. The van der Waals surface area contributed by atoms with Crippen molar-refractivity contribution in [3.8, 4) is 0 Å². The molecule has 2 N–H and O–H groups in total. The van der Waals surface area contributed by atoms with Crippen LogP contribution in [0.2, 0.25) is 0 Å². The lowest BCUT2D eigenvalue weighted by Crippen LogP contribution is -2.00. The fourth-order valence-electron chi connectivity index (χ4n) is 0.871. The molecule has 1 atom stereocenters. The first kappa shape index (κ1) is 9.06. The molecule has 0 amide bonds. The van der Waals surface area contributed by atoms with Crippen molar-refractivity contribution in [3.63, 3.8) is 0 Å². The molecule has 1 unspecified atom stereocenters. The van der Waals surface area contributed by atoms with E-state index in [0.29, 0.717) is 0 Å². The van der Waals surface area contributed by atoms with Crippen LogP contribution in [-0.2, 0) is 11.0 Å². The first-order chi connectivity index (χ1) is 5.72. The Hall–Kier alpha value is -1.03. The van der Waals surface area contributed by atoms with Crippen molar-refractivity contribution in [2.75, 3.05) is 23.3 Å². The second-order valence-electron chi connectivity index (χ2n) is 2.38. The summed E-state index contributed by atoms with van der Waals surface area (Å²) in [5, 5.41) is 3.00. The molecule has 1 aromatic rings. The molecule has 0 aliphatic rings. The number of nitrogens with one attached hydrogen (secondary N) is 2. The van der Waals surface area contributed by atoms with Crippen LogP contribution in [0.1, 0.15) is 0 Å². The molecule has 3 nitrogen and oxygen atoms in total. The van der Waals surface area contributed by atoms with Crippen molar-refractivity contribution in [2.45, 2.75) is 0 Å². The third-order valence-corrected chi connectivity index (χ3v) is 1.96. The molecule has 0 spiro atoms. The second-order valence-corrected chi connectivity index (χ2v) is 3.50. The van der Waals surface area contributed by atoms with Crippen molar-refractivity contribution in [2.24, 2.45) is 0 Å². The van der Waals surface area contributed by atoms with E-state index in [0.717, 1.165) is 11.4 Å². The molecule has 0 heterocycles. The van der Waals surface area contributed by atoms with Crippen molar-refractivity contribution < 1.29 is 4.21 Å². The van der Waals surface area contributed by atoms with E-state index in [4.69, 9.17) is 0 Å². The maximum Gasteiger partial charge on any atom is 0.113 e. The Kier molecular flexibility index (Phi) is 3.10. The SMILES string of the molecule is CNc1ccc(NS(C)=O)cc1. The zero-order chi connectivity index (χ0) is 8.97. The van der Waals surface area contributed by atoms with Gasteiger partial charge in [0.25, 0.3) is 0 Å². The van der Waals surface area contributed by atoms with Crippen LogP contribution in [-0.4, -0.2) is 17.5 Å². The number of hydrogen-bond acceptors (Lipinski definition) is 2. The van der Waals surface area contributed by atoms with Crippen LogP contribution in [0.3, 0.4) is 0 Å². The van der Waals surface area contributed by atoms with Gasteiger partial charge >= 0.3 is 0 Å². The summed E-state index contributed by atoms with van der Waals surface area (Å²) in [5.74, 6) is 0. The fraction of sp³-hybridized carbons (Fsp3) is 0.250. The summed E-state index contributed by atoms with van der Waals surface area (Å²) in [7, 11) is 0.866. The molecule has 0 saturated carbocycles. The maximum absolute atomic E-state index is 10.8. The van der Waals surface area contributed by atoms with Gasteiger partial charge in [0.2, 0.25) is 0 Å². The standard InChI is InChI=1S/C8H12N2OS/c1-9-7-3-5-8(6-4-7)10-12(2)11/h3-6,9-10H,1-2H3. The quantitative estimate of drug-likeness (QED) is 0.746. The van der Waals surface area contributed by atoms with Gasteiger partial charge in [0.1, 0.15) is 11.0 Å². The molecule has 0 fully saturated rings. The van der Waals surface area contributed by atoms with Gasteiger partial charge in [0, 0.05) is 24.7 Å². The topological polar surface area (TPSA) is 41.1 Å². The van der Waals surface area contributed by atoms with Crippen LogP contribution in [0.4, 0.5) is 11.4 Å². The molecule has 0 aliphatic heterocycles. The monoisotopic (exact) mass is 184 g/mol. The minimum atomic E-state index is -0.996. The predicted octanol–water partition coefficient (Wildman–Crippen LogP) is 1.43. The molecular formula is C8H12N2OS. The van der Waals surface area contributed by atoms with Crippen LogP contribution < -0.4 is 10.0 Å². The zero-order valence-corrected chi connectivity index (χ0v) is 7.94. The summed E-state index contributed by atoms with van der Waals surface area (Å²) in [6.45, 7) is 0.